The van der Waals surface area contributed by atoms with E-state index < -0.39 is 0 Å². The fraction of sp³-hybridized carbons (Fsp3) is 0.320. The highest BCUT2D eigenvalue weighted by atomic mass is 35.5. The Morgan fingerprint density at radius 3 is 2.85 bits per heavy atom. The zero-order chi connectivity index (χ0) is 23.7. The van der Waals surface area contributed by atoms with Crippen LogP contribution in [0.15, 0.2) is 59.0 Å². The van der Waals surface area contributed by atoms with Crippen molar-refractivity contribution in [3.05, 3.63) is 70.0 Å². The van der Waals surface area contributed by atoms with Crippen molar-refractivity contribution >= 4 is 40.2 Å². The highest BCUT2D eigenvalue weighted by Gasteiger charge is 2.31. The van der Waals surface area contributed by atoms with Crippen molar-refractivity contribution in [3.8, 4) is 11.5 Å². The van der Waals surface area contributed by atoms with Crippen LogP contribution in [0.2, 0.25) is 5.02 Å². The molecule has 2 aliphatic heterocycles. The topological polar surface area (TPSA) is 73.7 Å². The van der Waals surface area contributed by atoms with Crippen LogP contribution >= 0.6 is 23.4 Å². The maximum Gasteiger partial charge on any atom is 0.262 e. The molecule has 2 aliphatic rings. The predicted molar refractivity (Wildman–Crippen MR) is 133 cm³/mol. The Morgan fingerprint density at radius 1 is 1.21 bits per heavy atom. The monoisotopic (exact) mass is 497 g/mol. The van der Waals surface area contributed by atoms with Gasteiger partial charge in [0.2, 0.25) is 5.91 Å². The summed E-state index contributed by atoms with van der Waals surface area (Å²) >= 11 is 7.34. The van der Waals surface area contributed by atoms with E-state index in [1.807, 2.05) is 23.1 Å². The number of allylic oxidation sites excluding steroid dienone is 1. The summed E-state index contributed by atoms with van der Waals surface area (Å²) in [4.78, 5) is 32.8. The van der Waals surface area contributed by atoms with Gasteiger partial charge in [-0.15, -0.1) is 6.58 Å². The van der Waals surface area contributed by atoms with Gasteiger partial charge in [-0.1, -0.05) is 35.5 Å². The average Bonchev–Trinajstić information content (AvgIpc) is 3.35. The highest BCUT2D eigenvalue weighted by Crippen LogP contribution is 2.38. The Hall–Kier alpha value is -2.97. The van der Waals surface area contributed by atoms with Gasteiger partial charge >= 0.3 is 0 Å². The van der Waals surface area contributed by atoms with Crippen LogP contribution in [0.4, 0.5) is 0 Å². The lowest BCUT2D eigenvalue weighted by Crippen LogP contribution is -2.32. The van der Waals surface area contributed by atoms with Gasteiger partial charge in [-0.25, -0.2) is 4.98 Å². The first-order valence-electron chi connectivity index (χ1n) is 11.2. The smallest absolute Gasteiger partial charge is 0.262 e. The molecular formula is C25H24ClN3O4S. The molecule has 1 atom stereocenters. The lowest BCUT2D eigenvalue weighted by molar-refractivity contribution is -0.129. The molecular weight excluding hydrogens is 474 g/mol. The van der Waals surface area contributed by atoms with Crippen LogP contribution in [0.5, 0.6) is 11.5 Å². The van der Waals surface area contributed by atoms with Gasteiger partial charge in [-0.3, -0.25) is 14.2 Å². The first-order valence-corrected chi connectivity index (χ1v) is 12.5. The highest BCUT2D eigenvalue weighted by molar-refractivity contribution is 7.99. The van der Waals surface area contributed by atoms with Gasteiger partial charge in [-0.05, 0) is 48.7 Å². The number of nitrogens with zero attached hydrogens (tertiary/aromatic N) is 3. The average molecular weight is 498 g/mol. The van der Waals surface area contributed by atoms with E-state index in [2.05, 4.69) is 11.6 Å². The lowest BCUT2D eigenvalue weighted by atomic mass is 10.0. The predicted octanol–water partition coefficient (Wildman–Crippen LogP) is 4.46. The summed E-state index contributed by atoms with van der Waals surface area (Å²) in [5.74, 6) is 1.67. The third kappa shape index (κ3) is 4.40. The summed E-state index contributed by atoms with van der Waals surface area (Å²) in [6.07, 6.45) is 3.47. The van der Waals surface area contributed by atoms with Crippen molar-refractivity contribution in [2.45, 2.75) is 30.6 Å². The standard InChI is InChI=1S/C25H24ClN3O4S/c1-2-9-29-24(31)18-14-17(26)6-7-19(18)27-25(29)34-15-23(30)28-10-3-4-20(28)16-5-8-21-22(13-16)33-12-11-32-21/h2,5-8,13-14,20H,1,3-4,9-12,15H2. The molecule has 7 nitrogen and oxygen atoms in total. The number of likely N-dealkylation sites (tertiary alicyclic amines) is 1. The zero-order valence-corrected chi connectivity index (χ0v) is 20.1. The molecule has 1 saturated heterocycles. The molecule has 9 heteroatoms. The number of hydrogen-bond donors (Lipinski definition) is 0. The van der Waals surface area contributed by atoms with Crippen LogP contribution in [0.3, 0.4) is 0 Å². The maximum atomic E-state index is 13.2. The number of fused-ring (bicyclic) bond motifs is 2. The summed E-state index contributed by atoms with van der Waals surface area (Å²) in [5.41, 5.74) is 1.40. The van der Waals surface area contributed by atoms with Crippen molar-refractivity contribution < 1.29 is 14.3 Å². The third-order valence-corrected chi connectivity index (χ3v) is 7.24. The summed E-state index contributed by atoms with van der Waals surface area (Å²) in [7, 11) is 0. The fourth-order valence-electron chi connectivity index (χ4n) is 4.46. The fourth-order valence-corrected chi connectivity index (χ4v) is 5.53. The number of thioether (sulfide) groups is 1. The number of carbonyl (C=O) groups is 1. The minimum absolute atomic E-state index is 0.00833. The molecule has 3 aromatic rings. The molecule has 0 aliphatic carbocycles. The van der Waals surface area contributed by atoms with Crippen molar-refractivity contribution in [3.63, 3.8) is 0 Å². The van der Waals surface area contributed by atoms with E-state index in [0.29, 0.717) is 47.4 Å². The second-order valence-electron chi connectivity index (χ2n) is 8.20. The van der Waals surface area contributed by atoms with E-state index in [0.717, 1.165) is 29.9 Å². The minimum atomic E-state index is -0.197. The normalized spacial score (nSPS) is 17.2. The SMILES string of the molecule is C=CCn1c(SCC(=O)N2CCCC2c2ccc3c(c2)OCCO3)nc2ccc(Cl)cc2c1=O. The van der Waals surface area contributed by atoms with Crippen LogP contribution in [0.25, 0.3) is 10.9 Å². The number of amides is 1. The second-order valence-corrected chi connectivity index (χ2v) is 9.58. The number of hydrogen-bond acceptors (Lipinski definition) is 6. The Balaban J connectivity index is 1.36. The molecule has 0 spiro atoms. The summed E-state index contributed by atoms with van der Waals surface area (Å²) in [6, 6.07) is 10.9. The number of aromatic nitrogens is 2. The van der Waals surface area contributed by atoms with Crippen LogP contribution in [0.1, 0.15) is 24.4 Å². The number of halogens is 1. The van der Waals surface area contributed by atoms with Gasteiger partial charge in [0.15, 0.2) is 16.7 Å². The lowest BCUT2D eigenvalue weighted by Gasteiger charge is -2.26. The van der Waals surface area contributed by atoms with Crippen LogP contribution in [0, 0.1) is 0 Å². The van der Waals surface area contributed by atoms with E-state index in [1.165, 1.54) is 16.3 Å². The van der Waals surface area contributed by atoms with Crippen LogP contribution in [-0.4, -0.2) is 45.9 Å². The molecule has 1 amide bonds. The molecule has 0 bridgehead atoms. The minimum Gasteiger partial charge on any atom is -0.486 e. The Labute approximate surface area is 206 Å². The second kappa shape index (κ2) is 9.72. The molecule has 1 unspecified atom stereocenters. The number of benzene rings is 2. The molecule has 5 rings (SSSR count). The van der Waals surface area contributed by atoms with Gasteiger partial charge in [0.1, 0.15) is 13.2 Å². The first kappa shape index (κ1) is 22.8. The first-order chi connectivity index (χ1) is 16.5. The van der Waals surface area contributed by atoms with Crippen molar-refractivity contribution in [2.75, 3.05) is 25.5 Å². The molecule has 2 aromatic carbocycles. The van der Waals surface area contributed by atoms with Gasteiger partial charge in [0.05, 0.1) is 22.7 Å². The summed E-state index contributed by atoms with van der Waals surface area (Å²) < 4.78 is 12.9. The molecule has 0 N–H and O–H groups in total. The van der Waals surface area contributed by atoms with Crippen molar-refractivity contribution in [2.24, 2.45) is 0 Å². The summed E-state index contributed by atoms with van der Waals surface area (Å²) in [6.45, 7) is 5.82. The molecule has 176 valence electrons. The Morgan fingerprint density at radius 2 is 2.03 bits per heavy atom. The van der Waals surface area contributed by atoms with E-state index >= 15 is 0 Å². The Bertz CT molecular complexity index is 1330. The molecule has 0 radical (unpaired) electrons. The maximum absolute atomic E-state index is 13.2. The third-order valence-electron chi connectivity index (χ3n) is 6.04. The van der Waals surface area contributed by atoms with Gasteiger partial charge < -0.3 is 14.4 Å². The Kier molecular flexibility index (Phi) is 6.52. The largest absolute Gasteiger partial charge is 0.486 e. The van der Waals surface area contributed by atoms with Crippen molar-refractivity contribution in [1.29, 1.82) is 0 Å². The van der Waals surface area contributed by atoms with Crippen molar-refractivity contribution in [1.82, 2.24) is 14.5 Å². The van der Waals surface area contributed by atoms with Gasteiger partial charge in [0, 0.05) is 18.1 Å². The molecule has 1 aromatic heterocycles. The molecule has 3 heterocycles. The van der Waals surface area contributed by atoms with E-state index in [1.54, 1.807) is 24.3 Å². The van der Waals surface area contributed by atoms with Crippen LogP contribution < -0.4 is 15.0 Å². The van der Waals surface area contributed by atoms with E-state index in [-0.39, 0.29) is 23.3 Å². The quantitative estimate of drug-likeness (QED) is 0.284. The number of ether oxygens (including phenoxy) is 2. The van der Waals surface area contributed by atoms with E-state index in [4.69, 9.17) is 21.1 Å². The summed E-state index contributed by atoms with van der Waals surface area (Å²) in [5, 5.41) is 1.41. The number of carbonyl (C=O) groups excluding carboxylic acids is 1. The molecule has 1 fully saturated rings. The zero-order valence-electron chi connectivity index (χ0n) is 18.5. The van der Waals surface area contributed by atoms with Crippen LogP contribution in [-0.2, 0) is 11.3 Å². The van der Waals surface area contributed by atoms with Gasteiger partial charge in [0.25, 0.3) is 5.56 Å². The number of rotatable bonds is 6. The molecule has 0 saturated carbocycles. The van der Waals surface area contributed by atoms with E-state index in [9.17, 15) is 9.59 Å². The molecule has 34 heavy (non-hydrogen) atoms. The van der Waals surface area contributed by atoms with Gasteiger partial charge in [-0.2, -0.15) is 0 Å².